The van der Waals surface area contributed by atoms with Gasteiger partial charge in [0.25, 0.3) is 0 Å². The molecule has 3 aromatic rings. The van der Waals surface area contributed by atoms with Crippen molar-refractivity contribution in [1.29, 1.82) is 0 Å². The number of piperazine rings is 1. The first-order chi connectivity index (χ1) is 18.4. The zero-order valence-corrected chi connectivity index (χ0v) is 20.6. The fraction of sp³-hybridized carbons (Fsp3) is 0.241. The van der Waals surface area contributed by atoms with E-state index in [1.807, 2.05) is 60.7 Å². The molecule has 1 saturated heterocycles. The van der Waals surface area contributed by atoms with Crippen LogP contribution in [0.15, 0.2) is 84.9 Å². The van der Waals surface area contributed by atoms with Crippen molar-refractivity contribution >= 4 is 23.7 Å². The Kier molecular flexibility index (Phi) is 8.71. The highest BCUT2D eigenvalue weighted by molar-refractivity contribution is 5.99. The lowest BCUT2D eigenvalue weighted by molar-refractivity contribution is -0.142. The average molecular weight is 516 g/mol. The van der Waals surface area contributed by atoms with Gasteiger partial charge < -0.3 is 25.8 Å². The van der Waals surface area contributed by atoms with Crippen LogP contribution in [0.4, 0.5) is 0 Å². The summed E-state index contributed by atoms with van der Waals surface area (Å²) in [5.41, 5.74) is 2.55. The predicted molar refractivity (Wildman–Crippen MR) is 139 cm³/mol. The van der Waals surface area contributed by atoms with E-state index in [1.54, 1.807) is 24.3 Å². The quantitative estimate of drug-likeness (QED) is 0.309. The summed E-state index contributed by atoms with van der Waals surface area (Å²) in [5, 5.41) is 17.4. The molecule has 4 rings (SSSR count). The van der Waals surface area contributed by atoms with Gasteiger partial charge >= 0.3 is 5.97 Å². The molecule has 9 heteroatoms. The van der Waals surface area contributed by atoms with Gasteiger partial charge in [0.1, 0.15) is 30.5 Å². The van der Waals surface area contributed by atoms with Crippen molar-refractivity contribution in [2.75, 3.05) is 0 Å². The molecule has 0 aromatic heterocycles. The Balaban J connectivity index is 1.30. The van der Waals surface area contributed by atoms with Gasteiger partial charge in [0.15, 0.2) is 0 Å². The van der Waals surface area contributed by atoms with E-state index < -0.39 is 41.8 Å². The van der Waals surface area contributed by atoms with Crippen molar-refractivity contribution in [2.24, 2.45) is 0 Å². The number of benzene rings is 3. The standard InChI is InChI=1S/C29H29N3O6/c33-26(17-24-28(35)31-23(27(34)32-24)15-19-8-3-1-4-9-19)30-25(29(36)37)16-21-12-7-13-22(14-21)38-18-20-10-5-2-6-11-20/h1-14,23-25H,15-18H2,(H,30,33)(H,31,35)(H,32,34)(H,36,37)/t23-,24-,25+/m0/s1. The number of rotatable bonds is 11. The summed E-state index contributed by atoms with van der Waals surface area (Å²) in [6.07, 6.45) is -0.0296. The Labute approximate surface area is 220 Å². The molecule has 3 atom stereocenters. The van der Waals surface area contributed by atoms with E-state index in [1.165, 1.54) is 0 Å². The van der Waals surface area contributed by atoms with Crippen LogP contribution < -0.4 is 20.7 Å². The topological polar surface area (TPSA) is 134 Å². The molecule has 0 bridgehead atoms. The van der Waals surface area contributed by atoms with Crippen LogP contribution >= 0.6 is 0 Å². The molecule has 1 aliphatic heterocycles. The number of amides is 3. The van der Waals surface area contributed by atoms with Crippen molar-refractivity contribution in [3.63, 3.8) is 0 Å². The zero-order valence-electron chi connectivity index (χ0n) is 20.6. The molecule has 1 fully saturated rings. The highest BCUT2D eigenvalue weighted by Gasteiger charge is 2.35. The van der Waals surface area contributed by atoms with Crippen molar-refractivity contribution in [3.8, 4) is 5.75 Å². The Hall–Kier alpha value is -4.66. The average Bonchev–Trinajstić information content (AvgIpc) is 2.91. The van der Waals surface area contributed by atoms with Crippen LogP contribution in [0, 0.1) is 0 Å². The molecule has 0 saturated carbocycles. The van der Waals surface area contributed by atoms with Gasteiger partial charge in [-0.05, 0) is 28.8 Å². The van der Waals surface area contributed by atoms with Crippen molar-refractivity contribution in [2.45, 2.75) is 44.0 Å². The molecule has 0 aliphatic carbocycles. The Morgan fingerprint density at radius 2 is 1.42 bits per heavy atom. The first-order valence-electron chi connectivity index (χ1n) is 12.3. The van der Waals surface area contributed by atoms with Gasteiger partial charge in [-0.2, -0.15) is 0 Å². The lowest BCUT2D eigenvalue weighted by Crippen LogP contribution is -2.63. The summed E-state index contributed by atoms with van der Waals surface area (Å²) >= 11 is 0. The van der Waals surface area contributed by atoms with Gasteiger partial charge in [-0.25, -0.2) is 4.79 Å². The van der Waals surface area contributed by atoms with Gasteiger partial charge in [0, 0.05) is 12.8 Å². The Bertz CT molecular complexity index is 1280. The van der Waals surface area contributed by atoms with Crippen molar-refractivity contribution in [1.82, 2.24) is 16.0 Å². The predicted octanol–water partition coefficient (Wildman–Crippen LogP) is 1.99. The van der Waals surface area contributed by atoms with Crippen LogP contribution in [0.2, 0.25) is 0 Å². The van der Waals surface area contributed by atoms with E-state index in [4.69, 9.17) is 4.74 Å². The largest absolute Gasteiger partial charge is 0.489 e. The minimum absolute atomic E-state index is 0.0198. The lowest BCUT2D eigenvalue weighted by Gasteiger charge is -2.29. The van der Waals surface area contributed by atoms with E-state index in [2.05, 4.69) is 16.0 Å². The van der Waals surface area contributed by atoms with Crippen LogP contribution in [0.25, 0.3) is 0 Å². The number of carboxylic acid groups (broad SMARTS) is 1. The molecule has 3 aromatic carbocycles. The number of carboxylic acids is 1. The molecule has 0 radical (unpaired) electrons. The fourth-order valence-electron chi connectivity index (χ4n) is 4.19. The van der Waals surface area contributed by atoms with Crippen LogP contribution in [-0.4, -0.2) is 46.9 Å². The normalized spacial score (nSPS) is 17.6. The second-order valence-corrected chi connectivity index (χ2v) is 9.10. The van der Waals surface area contributed by atoms with Crippen LogP contribution in [0.5, 0.6) is 5.75 Å². The van der Waals surface area contributed by atoms with Crippen LogP contribution in [-0.2, 0) is 38.6 Å². The number of ether oxygens (including phenoxy) is 1. The van der Waals surface area contributed by atoms with Gasteiger partial charge in [0.2, 0.25) is 17.7 Å². The molecular formula is C29H29N3O6. The third kappa shape index (κ3) is 7.42. The first-order valence-corrected chi connectivity index (χ1v) is 12.3. The van der Waals surface area contributed by atoms with E-state index in [-0.39, 0.29) is 12.8 Å². The SMILES string of the molecule is O=C(C[C@@H]1NC(=O)[C@H](Cc2ccccc2)NC1=O)N[C@H](Cc1cccc(OCc2ccccc2)c1)C(=O)O. The maximum Gasteiger partial charge on any atom is 0.326 e. The van der Waals surface area contributed by atoms with Crippen molar-refractivity contribution < 1.29 is 29.0 Å². The maximum absolute atomic E-state index is 12.6. The third-order valence-electron chi connectivity index (χ3n) is 6.16. The Morgan fingerprint density at radius 3 is 2.11 bits per heavy atom. The van der Waals surface area contributed by atoms with Gasteiger partial charge in [0.05, 0.1) is 6.42 Å². The second-order valence-electron chi connectivity index (χ2n) is 9.10. The molecular weight excluding hydrogens is 486 g/mol. The zero-order chi connectivity index (χ0) is 26.9. The molecule has 0 unspecified atom stereocenters. The molecule has 196 valence electrons. The summed E-state index contributed by atoms with van der Waals surface area (Å²) in [4.78, 5) is 49.6. The molecule has 3 amide bonds. The summed E-state index contributed by atoms with van der Waals surface area (Å²) < 4.78 is 5.80. The van der Waals surface area contributed by atoms with E-state index in [9.17, 15) is 24.3 Å². The summed E-state index contributed by atoms with van der Waals surface area (Å²) in [6.45, 7) is 0.366. The van der Waals surface area contributed by atoms with Gasteiger partial charge in [-0.1, -0.05) is 72.8 Å². The molecule has 38 heavy (non-hydrogen) atoms. The first kappa shape index (κ1) is 26.4. The Morgan fingerprint density at radius 1 is 0.816 bits per heavy atom. The fourth-order valence-corrected chi connectivity index (χ4v) is 4.19. The van der Waals surface area contributed by atoms with Crippen LogP contribution in [0.1, 0.15) is 23.1 Å². The second kappa shape index (κ2) is 12.5. The molecule has 0 spiro atoms. The van der Waals surface area contributed by atoms with Gasteiger partial charge in [-0.15, -0.1) is 0 Å². The maximum atomic E-state index is 12.6. The third-order valence-corrected chi connectivity index (χ3v) is 6.16. The highest BCUT2D eigenvalue weighted by atomic mass is 16.5. The minimum Gasteiger partial charge on any atom is -0.489 e. The number of hydrogen-bond acceptors (Lipinski definition) is 5. The lowest BCUT2D eigenvalue weighted by atomic mass is 10.0. The monoisotopic (exact) mass is 515 g/mol. The number of carbonyl (C=O) groups excluding carboxylic acids is 3. The van der Waals surface area contributed by atoms with E-state index in [0.29, 0.717) is 24.3 Å². The number of carbonyl (C=O) groups is 4. The van der Waals surface area contributed by atoms with Crippen molar-refractivity contribution in [3.05, 3.63) is 102 Å². The molecule has 1 aliphatic rings. The summed E-state index contributed by atoms with van der Waals surface area (Å²) in [5.74, 6) is -2.18. The number of aliphatic carboxylic acids is 1. The highest BCUT2D eigenvalue weighted by Crippen LogP contribution is 2.17. The van der Waals surface area contributed by atoms with Crippen LogP contribution in [0.3, 0.4) is 0 Å². The summed E-state index contributed by atoms with van der Waals surface area (Å²) in [7, 11) is 0. The number of nitrogens with one attached hydrogen (secondary N) is 3. The molecule has 9 nitrogen and oxygen atoms in total. The molecule has 4 N–H and O–H groups in total. The number of hydrogen-bond donors (Lipinski definition) is 4. The van der Waals surface area contributed by atoms with E-state index >= 15 is 0 Å². The molecule has 1 heterocycles. The smallest absolute Gasteiger partial charge is 0.326 e. The summed E-state index contributed by atoms with van der Waals surface area (Å²) in [6, 6.07) is 22.9. The van der Waals surface area contributed by atoms with Gasteiger partial charge in [-0.3, -0.25) is 14.4 Å². The van der Waals surface area contributed by atoms with E-state index in [0.717, 1.165) is 11.1 Å². The minimum atomic E-state index is -1.22.